The van der Waals surface area contributed by atoms with Crippen molar-refractivity contribution >= 4 is 17.4 Å². The molecule has 0 atom stereocenters. The Morgan fingerprint density at radius 3 is 2.67 bits per heavy atom. The quantitative estimate of drug-likeness (QED) is 0.579. The third kappa shape index (κ3) is 5.16. The second-order valence-corrected chi connectivity index (χ2v) is 8.13. The van der Waals surface area contributed by atoms with Gasteiger partial charge in [-0.1, -0.05) is 49.6 Å². The Kier molecular flexibility index (Phi) is 6.59. The molecule has 1 fully saturated rings. The summed E-state index contributed by atoms with van der Waals surface area (Å²) in [6.45, 7) is 0. The molecule has 3 aromatic rings. The van der Waals surface area contributed by atoms with E-state index < -0.39 is 0 Å². The fourth-order valence-corrected chi connectivity index (χ4v) is 4.19. The lowest BCUT2D eigenvalue weighted by Gasteiger charge is -2.22. The zero-order chi connectivity index (χ0) is 20.8. The minimum Gasteiger partial charge on any atom is -0.493 e. The van der Waals surface area contributed by atoms with E-state index in [1.54, 1.807) is 25.3 Å². The van der Waals surface area contributed by atoms with Crippen molar-refractivity contribution < 1.29 is 14.3 Å². The van der Waals surface area contributed by atoms with Gasteiger partial charge in [-0.3, -0.25) is 4.79 Å². The van der Waals surface area contributed by atoms with Crippen LogP contribution in [0, 0.1) is 0 Å². The van der Waals surface area contributed by atoms with Gasteiger partial charge in [-0.2, -0.15) is 9.36 Å². The number of carbonyl (C=O) groups is 1. The molecule has 6 nitrogen and oxygen atoms in total. The fourth-order valence-electron chi connectivity index (χ4n) is 3.63. The van der Waals surface area contributed by atoms with E-state index in [0.29, 0.717) is 34.5 Å². The van der Waals surface area contributed by atoms with E-state index in [1.807, 2.05) is 30.3 Å². The Hall–Kier alpha value is -2.93. The van der Waals surface area contributed by atoms with Gasteiger partial charge < -0.3 is 14.8 Å². The zero-order valence-corrected chi connectivity index (χ0v) is 17.8. The maximum absolute atomic E-state index is 12.6. The van der Waals surface area contributed by atoms with Crippen LogP contribution in [0.2, 0.25) is 0 Å². The first-order valence-corrected chi connectivity index (χ1v) is 11.0. The SMILES string of the molecule is COc1cc(C(=O)NC2CCCCC2)ccc1Oc1nc(Cc2ccccc2)ns1. The van der Waals surface area contributed by atoms with Gasteiger partial charge in [0.05, 0.1) is 7.11 Å². The van der Waals surface area contributed by atoms with Crippen LogP contribution < -0.4 is 14.8 Å². The molecule has 30 heavy (non-hydrogen) atoms. The molecule has 1 amide bonds. The maximum Gasteiger partial charge on any atom is 0.298 e. The number of rotatable bonds is 7. The predicted octanol–water partition coefficient (Wildman–Crippen LogP) is 4.99. The summed E-state index contributed by atoms with van der Waals surface area (Å²) >= 11 is 1.20. The number of hydrogen-bond donors (Lipinski definition) is 1. The monoisotopic (exact) mass is 423 g/mol. The molecular formula is C23H25N3O3S. The third-order valence-corrected chi connectivity index (χ3v) is 5.85. The molecule has 156 valence electrons. The molecule has 1 aliphatic rings. The molecule has 0 radical (unpaired) electrons. The van der Waals surface area contributed by atoms with Crippen molar-refractivity contribution in [2.45, 2.75) is 44.6 Å². The average Bonchev–Trinajstić information content (AvgIpc) is 3.22. The van der Waals surface area contributed by atoms with Gasteiger partial charge in [-0.15, -0.1) is 0 Å². The molecule has 1 saturated carbocycles. The molecule has 0 spiro atoms. The largest absolute Gasteiger partial charge is 0.493 e. The normalized spacial score (nSPS) is 14.3. The first-order chi connectivity index (χ1) is 14.7. The van der Waals surface area contributed by atoms with Crippen molar-refractivity contribution in [3.63, 3.8) is 0 Å². The lowest BCUT2D eigenvalue weighted by molar-refractivity contribution is 0.0927. The molecule has 1 aliphatic carbocycles. The summed E-state index contributed by atoms with van der Waals surface area (Å²) in [5, 5.41) is 3.57. The van der Waals surface area contributed by atoms with E-state index in [-0.39, 0.29) is 11.9 Å². The second-order valence-electron chi connectivity index (χ2n) is 7.41. The topological polar surface area (TPSA) is 73.3 Å². The highest BCUT2D eigenvalue weighted by atomic mass is 32.1. The third-order valence-electron chi connectivity index (χ3n) is 5.22. The number of nitrogens with zero attached hydrogens (tertiary/aromatic N) is 2. The van der Waals surface area contributed by atoms with Crippen molar-refractivity contribution in [2.24, 2.45) is 0 Å². The first-order valence-electron chi connectivity index (χ1n) is 10.2. The maximum atomic E-state index is 12.6. The van der Waals surface area contributed by atoms with Gasteiger partial charge in [0.15, 0.2) is 17.3 Å². The lowest BCUT2D eigenvalue weighted by Crippen LogP contribution is -2.36. The number of ether oxygens (including phenoxy) is 2. The standard InChI is InChI=1S/C23H25N3O3S/c1-28-20-15-17(22(27)24-18-10-6-3-7-11-18)12-13-19(20)29-23-25-21(26-30-23)14-16-8-4-2-5-9-16/h2,4-5,8-9,12-13,15,18H,3,6-7,10-11,14H2,1H3,(H,24,27). The van der Waals surface area contributed by atoms with Crippen LogP contribution in [0.1, 0.15) is 53.8 Å². The zero-order valence-electron chi connectivity index (χ0n) is 17.0. The highest BCUT2D eigenvalue weighted by molar-refractivity contribution is 7.07. The van der Waals surface area contributed by atoms with Gasteiger partial charge in [0.1, 0.15) is 0 Å². The average molecular weight is 424 g/mol. The number of hydrogen-bond acceptors (Lipinski definition) is 6. The smallest absolute Gasteiger partial charge is 0.298 e. The molecule has 4 rings (SSSR count). The van der Waals surface area contributed by atoms with E-state index in [9.17, 15) is 4.79 Å². The molecular weight excluding hydrogens is 398 g/mol. The molecule has 0 unspecified atom stereocenters. The molecule has 1 N–H and O–H groups in total. The summed E-state index contributed by atoms with van der Waals surface area (Å²) < 4.78 is 15.7. The summed E-state index contributed by atoms with van der Waals surface area (Å²) in [5.41, 5.74) is 1.71. The number of carbonyl (C=O) groups excluding carboxylic acids is 1. The molecule has 7 heteroatoms. The van der Waals surface area contributed by atoms with E-state index in [2.05, 4.69) is 14.7 Å². The van der Waals surface area contributed by atoms with Crippen LogP contribution in [0.5, 0.6) is 16.7 Å². The van der Waals surface area contributed by atoms with Crippen molar-refractivity contribution in [1.29, 1.82) is 0 Å². The summed E-state index contributed by atoms with van der Waals surface area (Å²) in [5.74, 6) is 1.64. The summed E-state index contributed by atoms with van der Waals surface area (Å²) in [4.78, 5) is 17.1. The van der Waals surface area contributed by atoms with Crippen LogP contribution in [0.3, 0.4) is 0 Å². The van der Waals surface area contributed by atoms with Crippen LogP contribution >= 0.6 is 11.5 Å². The second kappa shape index (κ2) is 9.71. The van der Waals surface area contributed by atoms with Crippen molar-refractivity contribution in [2.75, 3.05) is 7.11 Å². The molecule has 2 aromatic carbocycles. The number of methoxy groups -OCH3 is 1. The summed E-state index contributed by atoms with van der Waals surface area (Å²) in [6.07, 6.45) is 6.35. The van der Waals surface area contributed by atoms with Crippen molar-refractivity contribution in [1.82, 2.24) is 14.7 Å². The number of aromatic nitrogens is 2. The Morgan fingerprint density at radius 1 is 1.10 bits per heavy atom. The van der Waals surface area contributed by atoms with Crippen LogP contribution in [0.4, 0.5) is 0 Å². The highest BCUT2D eigenvalue weighted by Gasteiger charge is 2.18. The summed E-state index contributed by atoms with van der Waals surface area (Å²) in [7, 11) is 1.56. The van der Waals surface area contributed by atoms with E-state index >= 15 is 0 Å². The Bertz CT molecular complexity index is 984. The van der Waals surface area contributed by atoms with Crippen molar-refractivity contribution in [3.8, 4) is 16.7 Å². The Morgan fingerprint density at radius 2 is 1.90 bits per heavy atom. The predicted molar refractivity (Wildman–Crippen MR) is 117 cm³/mol. The van der Waals surface area contributed by atoms with Crippen LogP contribution in [-0.4, -0.2) is 28.4 Å². The lowest BCUT2D eigenvalue weighted by atomic mass is 9.95. The van der Waals surface area contributed by atoms with Crippen LogP contribution in [-0.2, 0) is 6.42 Å². The molecule has 0 saturated heterocycles. The minimum atomic E-state index is -0.0761. The van der Waals surface area contributed by atoms with Gasteiger partial charge in [0, 0.05) is 29.6 Å². The van der Waals surface area contributed by atoms with E-state index in [4.69, 9.17) is 9.47 Å². The number of amides is 1. The molecule has 1 aromatic heterocycles. The van der Waals surface area contributed by atoms with Crippen molar-refractivity contribution in [3.05, 3.63) is 65.5 Å². The van der Waals surface area contributed by atoms with Gasteiger partial charge in [-0.05, 0) is 36.6 Å². The summed E-state index contributed by atoms with van der Waals surface area (Å²) in [6, 6.07) is 15.5. The van der Waals surface area contributed by atoms with Gasteiger partial charge in [0.25, 0.3) is 11.1 Å². The van der Waals surface area contributed by atoms with E-state index in [0.717, 1.165) is 18.4 Å². The molecule has 0 bridgehead atoms. The van der Waals surface area contributed by atoms with E-state index in [1.165, 1.54) is 30.8 Å². The van der Waals surface area contributed by atoms with Crippen LogP contribution in [0.15, 0.2) is 48.5 Å². The molecule has 1 heterocycles. The van der Waals surface area contributed by atoms with Gasteiger partial charge >= 0.3 is 0 Å². The first kappa shape index (κ1) is 20.3. The highest BCUT2D eigenvalue weighted by Crippen LogP contribution is 2.33. The fraction of sp³-hybridized carbons (Fsp3) is 0.348. The number of nitrogens with one attached hydrogen (secondary N) is 1. The molecule has 0 aliphatic heterocycles. The Balaban J connectivity index is 1.42. The number of benzene rings is 2. The van der Waals surface area contributed by atoms with Gasteiger partial charge in [0.2, 0.25) is 0 Å². The van der Waals surface area contributed by atoms with Crippen LogP contribution in [0.25, 0.3) is 0 Å². The minimum absolute atomic E-state index is 0.0761. The van der Waals surface area contributed by atoms with Gasteiger partial charge in [-0.25, -0.2) is 0 Å². The Labute approximate surface area is 180 Å².